The van der Waals surface area contributed by atoms with Crippen molar-refractivity contribution in [1.29, 1.82) is 0 Å². The van der Waals surface area contributed by atoms with Crippen molar-refractivity contribution >= 4 is 17.0 Å². The van der Waals surface area contributed by atoms with E-state index in [9.17, 15) is 4.79 Å². The molecule has 166 valence electrons. The Balaban J connectivity index is 1.75. The van der Waals surface area contributed by atoms with Crippen LogP contribution in [-0.4, -0.2) is 29.3 Å². The lowest BCUT2D eigenvalue weighted by Gasteiger charge is -2.25. The minimum atomic E-state index is -0.514. The van der Waals surface area contributed by atoms with Gasteiger partial charge in [-0.05, 0) is 44.5 Å². The highest BCUT2D eigenvalue weighted by atomic mass is 16.4. The summed E-state index contributed by atoms with van der Waals surface area (Å²) < 4.78 is 8.75. The van der Waals surface area contributed by atoms with Gasteiger partial charge in [-0.25, -0.2) is 19.7 Å². The lowest BCUT2D eigenvalue weighted by atomic mass is 10.0. The van der Waals surface area contributed by atoms with E-state index >= 15 is 0 Å². The SMILES string of the molecule is Cn1nc(-c2ccccc2-c2nc3cc(-c4cnc(N)nc4)ccc3n2C(C)(C)C)oc1=O. The number of nitrogens with two attached hydrogens (primary N) is 1. The zero-order valence-electron chi connectivity index (χ0n) is 18.8. The maximum atomic E-state index is 11.9. The van der Waals surface area contributed by atoms with E-state index in [0.29, 0.717) is 5.56 Å². The fourth-order valence-electron chi connectivity index (χ4n) is 3.93. The maximum Gasteiger partial charge on any atom is 0.437 e. The molecule has 0 aliphatic heterocycles. The highest BCUT2D eigenvalue weighted by Gasteiger charge is 2.25. The van der Waals surface area contributed by atoms with E-state index in [0.717, 1.165) is 33.5 Å². The van der Waals surface area contributed by atoms with Crippen molar-refractivity contribution in [2.75, 3.05) is 5.73 Å². The first-order valence-corrected chi connectivity index (χ1v) is 10.5. The normalized spacial score (nSPS) is 11.9. The van der Waals surface area contributed by atoms with Crippen LogP contribution < -0.4 is 11.5 Å². The third-order valence-electron chi connectivity index (χ3n) is 5.42. The second-order valence-corrected chi connectivity index (χ2v) is 8.82. The standard InChI is InChI=1S/C24H23N7O2/c1-24(2,3)31-19-10-9-14(15-12-26-22(25)27-13-15)11-18(19)28-20(31)16-7-5-6-8-17(16)21-29-30(4)23(32)33-21/h5-13H,1-4H3,(H2,25,26,27). The molecule has 0 saturated carbocycles. The Labute approximate surface area is 189 Å². The van der Waals surface area contributed by atoms with Crippen molar-refractivity contribution in [3.05, 3.63) is 65.4 Å². The molecule has 0 aliphatic carbocycles. The summed E-state index contributed by atoms with van der Waals surface area (Å²) in [6, 6.07) is 13.7. The van der Waals surface area contributed by atoms with Crippen molar-refractivity contribution in [1.82, 2.24) is 29.3 Å². The van der Waals surface area contributed by atoms with Gasteiger partial charge in [-0.2, -0.15) is 4.68 Å². The predicted octanol–water partition coefficient (Wildman–Crippen LogP) is 3.85. The van der Waals surface area contributed by atoms with Crippen LogP contribution in [0.3, 0.4) is 0 Å². The Morgan fingerprint density at radius 2 is 1.67 bits per heavy atom. The molecule has 0 atom stereocenters. The van der Waals surface area contributed by atoms with Crippen molar-refractivity contribution in [2.45, 2.75) is 26.3 Å². The van der Waals surface area contributed by atoms with E-state index in [1.54, 1.807) is 19.4 Å². The van der Waals surface area contributed by atoms with E-state index < -0.39 is 5.76 Å². The highest BCUT2D eigenvalue weighted by molar-refractivity contribution is 5.88. The molecule has 3 aromatic heterocycles. The van der Waals surface area contributed by atoms with Crippen LogP contribution in [0.25, 0.3) is 45.0 Å². The minimum absolute atomic E-state index is 0.233. The number of anilines is 1. The predicted molar refractivity (Wildman–Crippen MR) is 126 cm³/mol. The third kappa shape index (κ3) is 3.57. The van der Waals surface area contributed by atoms with Crippen molar-refractivity contribution in [3.63, 3.8) is 0 Å². The van der Waals surface area contributed by atoms with Gasteiger partial charge in [0.15, 0.2) is 0 Å². The van der Waals surface area contributed by atoms with Crippen LogP contribution in [0.4, 0.5) is 5.95 Å². The fraction of sp³-hybridized carbons (Fsp3) is 0.208. The molecule has 0 radical (unpaired) electrons. The van der Waals surface area contributed by atoms with Gasteiger partial charge in [-0.1, -0.05) is 24.3 Å². The molecule has 0 bridgehead atoms. The first-order valence-electron chi connectivity index (χ1n) is 10.5. The highest BCUT2D eigenvalue weighted by Crippen LogP contribution is 2.37. The molecule has 3 heterocycles. The Hall–Kier alpha value is -4.27. The molecule has 5 rings (SSSR count). The second-order valence-electron chi connectivity index (χ2n) is 8.82. The molecule has 2 aromatic carbocycles. The number of hydrogen-bond donors (Lipinski definition) is 1. The molecular formula is C24H23N7O2. The van der Waals surface area contributed by atoms with Crippen molar-refractivity contribution in [3.8, 4) is 34.0 Å². The number of imidazole rings is 1. The summed E-state index contributed by atoms with van der Waals surface area (Å²) in [6.45, 7) is 6.38. The summed E-state index contributed by atoms with van der Waals surface area (Å²) in [6.07, 6.45) is 3.40. The quantitative estimate of drug-likeness (QED) is 0.452. The zero-order valence-corrected chi connectivity index (χ0v) is 18.8. The van der Waals surface area contributed by atoms with Gasteiger partial charge >= 0.3 is 5.76 Å². The maximum absolute atomic E-state index is 11.9. The number of hydrogen-bond acceptors (Lipinski definition) is 7. The molecule has 5 aromatic rings. The molecule has 9 heteroatoms. The van der Waals surface area contributed by atoms with Crippen LogP contribution in [-0.2, 0) is 12.6 Å². The summed E-state index contributed by atoms with van der Waals surface area (Å²) in [7, 11) is 1.56. The topological polar surface area (TPSA) is 118 Å². The first-order chi connectivity index (χ1) is 15.7. The average Bonchev–Trinajstić information content (AvgIpc) is 3.33. The van der Waals surface area contributed by atoms with Crippen LogP contribution in [0.1, 0.15) is 20.8 Å². The average molecular weight is 441 g/mol. The van der Waals surface area contributed by atoms with Crippen LogP contribution in [0.2, 0.25) is 0 Å². The van der Waals surface area contributed by atoms with Gasteiger partial charge in [0, 0.05) is 41.7 Å². The van der Waals surface area contributed by atoms with Gasteiger partial charge in [0.2, 0.25) is 11.8 Å². The number of nitrogens with zero attached hydrogens (tertiary/aromatic N) is 6. The van der Waals surface area contributed by atoms with Crippen LogP contribution in [0, 0.1) is 0 Å². The van der Waals surface area contributed by atoms with E-state index in [1.165, 1.54) is 4.68 Å². The summed E-state index contributed by atoms with van der Waals surface area (Å²) in [4.78, 5) is 25.1. The molecule has 0 fully saturated rings. The molecule has 2 N–H and O–H groups in total. The smallest absolute Gasteiger partial charge is 0.388 e. The number of benzene rings is 2. The Morgan fingerprint density at radius 3 is 2.30 bits per heavy atom. The van der Waals surface area contributed by atoms with E-state index in [1.807, 2.05) is 42.5 Å². The lowest BCUT2D eigenvalue weighted by Crippen LogP contribution is -2.22. The van der Waals surface area contributed by atoms with Gasteiger partial charge in [0.25, 0.3) is 0 Å². The monoisotopic (exact) mass is 441 g/mol. The summed E-state index contributed by atoms with van der Waals surface area (Å²) >= 11 is 0. The second kappa shape index (κ2) is 7.40. The molecule has 33 heavy (non-hydrogen) atoms. The van der Waals surface area contributed by atoms with Gasteiger partial charge < -0.3 is 14.7 Å². The van der Waals surface area contributed by atoms with Gasteiger partial charge in [-0.15, -0.1) is 5.10 Å². The minimum Gasteiger partial charge on any atom is -0.388 e. The fourth-order valence-corrected chi connectivity index (χ4v) is 3.93. The largest absolute Gasteiger partial charge is 0.437 e. The number of nitrogen functional groups attached to an aromatic ring is 1. The Kier molecular flexibility index (Phi) is 4.63. The van der Waals surface area contributed by atoms with Gasteiger partial charge in [-0.3, -0.25) is 0 Å². The summed E-state index contributed by atoms with van der Waals surface area (Å²) in [5.74, 6) is 0.730. The molecule has 0 amide bonds. The van der Waals surface area contributed by atoms with Gasteiger partial charge in [0.1, 0.15) is 5.82 Å². The van der Waals surface area contributed by atoms with E-state index in [4.69, 9.17) is 15.1 Å². The zero-order chi connectivity index (χ0) is 23.3. The number of rotatable bonds is 3. The van der Waals surface area contributed by atoms with Crippen molar-refractivity contribution < 1.29 is 4.42 Å². The number of aryl methyl sites for hydroxylation is 1. The number of aromatic nitrogens is 6. The Morgan fingerprint density at radius 1 is 0.970 bits per heavy atom. The number of fused-ring (bicyclic) bond motifs is 1. The summed E-state index contributed by atoms with van der Waals surface area (Å²) in [5.41, 5.74) is 10.5. The molecule has 9 nitrogen and oxygen atoms in total. The van der Waals surface area contributed by atoms with Crippen LogP contribution >= 0.6 is 0 Å². The van der Waals surface area contributed by atoms with E-state index in [-0.39, 0.29) is 17.4 Å². The van der Waals surface area contributed by atoms with E-state index in [2.05, 4.69) is 40.4 Å². The molecular weight excluding hydrogens is 418 g/mol. The molecule has 0 saturated heterocycles. The van der Waals surface area contributed by atoms with Crippen LogP contribution in [0.5, 0.6) is 0 Å². The van der Waals surface area contributed by atoms with Gasteiger partial charge in [0.05, 0.1) is 11.0 Å². The van der Waals surface area contributed by atoms with Crippen molar-refractivity contribution in [2.24, 2.45) is 7.05 Å². The molecule has 0 aliphatic rings. The molecule has 0 unspecified atom stereocenters. The summed E-state index contributed by atoms with van der Waals surface area (Å²) in [5, 5.41) is 4.25. The lowest BCUT2D eigenvalue weighted by molar-refractivity contribution is 0.413. The third-order valence-corrected chi connectivity index (χ3v) is 5.42. The van der Waals surface area contributed by atoms with Crippen LogP contribution in [0.15, 0.2) is 64.1 Å². The molecule has 0 spiro atoms. The Bertz CT molecular complexity index is 1540. The first kappa shape index (κ1) is 20.6.